The molecule has 1 aromatic carbocycles. The first kappa shape index (κ1) is 15.8. The third kappa shape index (κ3) is 3.30. The zero-order chi connectivity index (χ0) is 16.4. The molecular weight excluding hydrogens is 290 g/mol. The van der Waals surface area contributed by atoms with Crippen LogP contribution in [0.2, 0.25) is 0 Å². The van der Waals surface area contributed by atoms with Crippen molar-refractivity contribution in [1.82, 2.24) is 9.88 Å². The van der Waals surface area contributed by atoms with Gasteiger partial charge in [0.15, 0.2) is 0 Å². The molecule has 1 unspecified atom stereocenters. The number of aryl methyl sites for hydroxylation is 1. The normalized spacial score (nSPS) is 15.8. The topological polar surface area (TPSA) is 58.8 Å². The van der Waals surface area contributed by atoms with Gasteiger partial charge in [-0.1, -0.05) is 30.6 Å². The third-order valence-electron chi connectivity index (χ3n) is 3.84. The van der Waals surface area contributed by atoms with Crippen LogP contribution < -0.4 is 5.32 Å². The van der Waals surface area contributed by atoms with Crippen LogP contribution in [0.25, 0.3) is 5.69 Å². The summed E-state index contributed by atoms with van der Waals surface area (Å²) in [5, 5.41) is 17.4. The highest BCUT2D eigenvalue weighted by Gasteiger charge is 2.25. The molecule has 23 heavy (non-hydrogen) atoms. The zero-order valence-corrected chi connectivity index (χ0v) is 13.8. The molecule has 1 aliphatic rings. The summed E-state index contributed by atoms with van der Waals surface area (Å²) in [4.78, 5) is 5.42. The lowest BCUT2D eigenvalue weighted by Crippen LogP contribution is -2.34. The number of fused-ring (bicyclic) bond motifs is 3. The fourth-order valence-electron chi connectivity index (χ4n) is 2.69. The van der Waals surface area contributed by atoms with Gasteiger partial charge in [-0.2, -0.15) is 0 Å². The van der Waals surface area contributed by atoms with Gasteiger partial charge in [0, 0.05) is 24.3 Å². The number of nitrogens with one attached hydrogen (secondary N) is 1. The third-order valence-corrected chi connectivity index (χ3v) is 3.84. The second-order valence-corrected chi connectivity index (χ2v) is 6.24. The molecule has 0 spiro atoms. The summed E-state index contributed by atoms with van der Waals surface area (Å²) in [5.74, 6) is 0. The molecule has 0 aliphatic carbocycles. The number of benzene rings is 1. The van der Waals surface area contributed by atoms with Crippen LogP contribution in [0.15, 0.2) is 41.7 Å². The second kappa shape index (κ2) is 6.56. The van der Waals surface area contributed by atoms with Crippen molar-refractivity contribution in [2.75, 3.05) is 13.2 Å². The van der Waals surface area contributed by atoms with Crippen LogP contribution in [-0.4, -0.2) is 40.7 Å². The molecule has 1 atom stereocenters. The van der Waals surface area contributed by atoms with E-state index in [9.17, 15) is 5.11 Å². The lowest BCUT2D eigenvalue weighted by atomic mass is 10.1. The van der Waals surface area contributed by atoms with E-state index in [1.165, 1.54) is 5.56 Å². The van der Waals surface area contributed by atoms with Gasteiger partial charge in [0.25, 0.3) is 0 Å². The van der Waals surface area contributed by atoms with Gasteiger partial charge in [0.1, 0.15) is 18.4 Å². The molecule has 0 radical (unpaired) electrons. The van der Waals surface area contributed by atoms with Crippen molar-refractivity contribution in [3.63, 3.8) is 0 Å². The molecule has 122 valence electrons. The largest absolute Gasteiger partial charge is 0.392 e. The van der Waals surface area contributed by atoms with Gasteiger partial charge in [-0.25, -0.2) is 0 Å². The number of hydrogen-bond donors (Lipinski definition) is 2. The van der Waals surface area contributed by atoms with E-state index in [1.807, 2.05) is 32.2 Å². The summed E-state index contributed by atoms with van der Waals surface area (Å²) in [7, 11) is 0. The maximum atomic E-state index is 9.90. The number of oxime groups is 1. The van der Waals surface area contributed by atoms with Gasteiger partial charge >= 0.3 is 0 Å². The smallest absolute Gasteiger partial charge is 0.144 e. The fraction of sp³-hybridized carbons (Fsp3) is 0.389. The minimum absolute atomic E-state index is 0.172. The van der Waals surface area contributed by atoms with Crippen molar-refractivity contribution in [1.29, 1.82) is 0 Å². The Labute approximate surface area is 136 Å². The molecule has 5 nitrogen and oxygen atoms in total. The Morgan fingerprint density at radius 3 is 2.91 bits per heavy atom. The highest BCUT2D eigenvalue weighted by molar-refractivity contribution is 6.17. The van der Waals surface area contributed by atoms with E-state index >= 15 is 0 Å². The number of aromatic nitrogens is 1. The average Bonchev–Trinajstić information content (AvgIpc) is 3.07. The minimum Gasteiger partial charge on any atom is -0.392 e. The number of aliphatic hydroxyl groups is 1. The van der Waals surface area contributed by atoms with Crippen molar-refractivity contribution in [3.8, 4) is 5.69 Å². The van der Waals surface area contributed by atoms with Crippen molar-refractivity contribution < 1.29 is 9.94 Å². The quantitative estimate of drug-likeness (QED) is 0.686. The number of nitrogens with zero attached hydrogens (tertiary/aromatic N) is 2. The molecule has 0 fully saturated rings. The van der Waals surface area contributed by atoms with Crippen molar-refractivity contribution >= 4 is 5.71 Å². The molecule has 2 heterocycles. The van der Waals surface area contributed by atoms with Crippen LogP contribution in [0, 0.1) is 6.92 Å². The molecular formula is C18H23N3O2. The second-order valence-electron chi connectivity index (χ2n) is 6.24. The summed E-state index contributed by atoms with van der Waals surface area (Å²) >= 11 is 0. The van der Waals surface area contributed by atoms with E-state index in [1.54, 1.807) is 0 Å². The minimum atomic E-state index is -0.577. The van der Waals surface area contributed by atoms with Gasteiger partial charge in [0.05, 0.1) is 11.4 Å². The summed E-state index contributed by atoms with van der Waals surface area (Å²) in [6.07, 6.45) is 1.44. The first-order valence-electron chi connectivity index (χ1n) is 7.97. The van der Waals surface area contributed by atoms with Crippen LogP contribution in [0.3, 0.4) is 0 Å². The molecule has 0 saturated carbocycles. The SMILES string of the molecule is Cc1ccc2c(c1)C(=NOCC(O)CNC(C)C)c1cccn1-2. The summed E-state index contributed by atoms with van der Waals surface area (Å²) in [5.41, 5.74) is 5.19. The van der Waals surface area contributed by atoms with Crippen molar-refractivity contribution in [2.24, 2.45) is 5.16 Å². The van der Waals surface area contributed by atoms with Crippen LogP contribution in [-0.2, 0) is 4.84 Å². The van der Waals surface area contributed by atoms with Crippen molar-refractivity contribution in [3.05, 3.63) is 53.3 Å². The summed E-state index contributed by atoms with van der Waals surface area (Å²) < 4.78 is 2.10. The van der Waals surface area contributed by atoms with E-state index in [2.05, 4.69) is 40.2 Å². The van der Waals surface area contributed by atoms with Crippen LogP contribution in [0.4, 0.5) is 0 Å². The van der Waals surface area contributed by atoms with E-state index < -0.39 is 6.10 Å². The standard InChI is InChI=1S/C18H23N3O2/c1-12(2)19-10-14(22)11-23-20-18-15-9-13(3)6-7-16(15)21-8-4-5-17(18)21/h4-9,12,14,19,22H,10-11H2,1-3H3. The fourth-order valence-corrected chi connectivity index (χ4v) is 2.69. The Hall–Kier alpha value is -2.11. The lowest BCUT2D eigenvalue weighted by molar-refractivity contribution is 0.0396. The predicted octanol–water partition coefficient (Wildman–Crippen LogP) is 2.23. The highest BCUT2D eigenvalue weighted by atomic mass is 16.6. The number of aliphatic hydroxyl groups excluding tert-OH is 1. The summed E-state index contributed by atoms with van der Waals surface area (Å²) in [6.45, 7) is 6.81. The Morgan fingerprint density at radius 2 is 2.13 bits per heavy atom. The first-order valence-corrected chi connectivity index (χ1v) is 7.97. The Morgan fingerprint density at radius 1 is 1.30 bits per heavy atom. The molecule has 3 rings (SSSR count). The molecule has 2 aromatic rings. The molecule has 2 N–H and O–H groups in total. The number of rotatable bonds is 6. The van der Waals surface area contributed by atoms with Crippen LogP contribution in [0.5, 0.6) is 0 Å². The molecule has 0 saturated heterocycles. The van der Waals surface area contributed by atoms with Crippen molar-refractivity contribution in [2.45, 2.75) is 32.9 Å². The van der Waals surface area contributed by atoms with Gasteiger partial charge in [-0.15, -0.1) is 0 Å². The van der Waals surface area contributed by atoms with E-state index in [-0.39, 0.29) is 6.61 Å². The zero-order valence-electron chi connectivity index (χ0n) is 13.8. The first-order chi connectivity index (χ1) is 11.1. The van der Waals surface area contributed by atoms with E-state index in [0.717, 1.165) is 22.7 Å². The average molecular weight is 313 g/mol. The Balaban J connectivity index is 1.74. The number of hydrogen-bond acceptors (Lipinski definition) is 4. The monoisotopic (exact) mass is 313 g/mol. The molecule has 1 aliphatic heterocycles. The van der Waals surface area contributed by atoms with Gasteiger partial charge < -0.3 is 19.8 Å². The molecule has 0 bridgehead atoms. The Kier molecular flexibility index (Phi) is 4.50. The van der Waals surface area contributed by atoms with E-state index in [4.69, 9.17) is 4.84 Å². The van der Waals surface area contributed by atoms with Gasteiger partial charge in [0.2, 0.25) is 0 Å². The lowest BCUT2D eigenvalue weighted by Gasteiger charge is -2.13. The van der Waals surface area contributed by atoms with Gasteiger partial charge in [-0.3, -0.25) is 0 Å². The van der Waals surface area contributed by atoms with Gasteiger partial charge in [-0.05, 0) is 31.2 Å². The maximum Gasteiger partial charge on any atom is 0.144 e. The molecule has 5 heteroatoms. The predicted molar refractivity (Wildman–Crippen MR) is 91.2 cm³/mol. The molecule has 0 amide bonds. The summed E-state index contributed by atoms with van der Waals surface area (Å²) in [6, 6.07) is 10.7. The highest BCUT2D eigenvalue weighted by Crippen LogP contribution is 2.29. The van der Waals surface area contributed by atoms with Crippen LogP contribution >= 0.6 is 0 Å². The van der Waals surface area contributed by atoms with E-state index in [0.29, 0.717) is 12.6 Å². The molecule has 1 aromatic heterocycles. The maximum absolute atomic E-state index is 9.90. The Bertz CT molecular complexity index is 719. The van der Waals surface area contributed by atoms with Crippen LogP contribution in [0.1, 0.15) is 30.7 Å².